The molecule has 1 N–H and O–H groups in total. The number of pyridine rings is 1. The highest BCUT2D eigenvalue weighted by atomic mass is 16.5. The van der Waals surface area contributed by atoms with Crippen LogP contribution < -0.4 is 14.2 Å². The van der Waals surface area contributed by atoms with Gasteiger partial charge in [-0.25, -0.2) is 0 Å². The van der Waals surface area contributed by atoms with E-state index >= 15 is 0 Å². The zero-order valence-electron chi connectivity index (χ0n) is 13.8. The van der Waals surface area contributed by atoms with E-state index in [1.165, 1.54) is 0 Å². The first kappa shape index (κ1) is 16.1. The molecule has 0 aliphatic rings. The summed E-state index contributed by atoms with van der Waals surface area (Å²) in [7, 11) is 4.65. The van der Waals surface area contributed by atoms with Gasteiger partial charge < -0.3 is 19.3 Å². The van der Waals surface area contributed by atoms with Crippen molar-refractivity contribution in [3.8, 4) is 17.2 Å². The van der Waals surface area contributed by atoms with Gasteiger partial charge in [-0.2, -0.15) is 0 Å². The quantitative estimate of drug-likeness (QED) is 0.779. The van der Waals surface area contributed by atoms with E-state index in [9.17, 15) is 5.11 Å². The average Bonchev–Trinajstić information content (AvgIpc) is 2.65. The Labute approximate surface area is 140 Å². The molecule has 0 saturated heterocycles. The van der Waals surface area contributed by atoms with Crippen LogP contribution in [0.5, 0.6) is 17.2 Å². The predicted octanol–water partition coefficient (Wildman–Crippen LogP) is 3.34. The number of aliphatic hydroxyl groups is 1. The first-order valence-electron chi connectivity index (χ1n) is 7.51. The molecule has 1 unspecified atom stereocenters. The van der Waals surface area contributed by atoms with Crippen molar-refractivity contribution in [2.75, 3.05) is 21.3 Å². The maximum Gasteiger partial charge on any atom is 0.132 e. The zero-order chi connectivity index (χ0) is 17.1. The summed E-state index contributed by atoms with van der Waals surface area (Å²) in [6.45, 7) is 0. The summed E-state index contributed by atoms with van der Waals surface area (Å²) in [5, 5.41) is 12.9. The van der Waals surface area contributed by atoms with Crippen molar-refractivity contribution in [1.82, 2.24) is 4.98 Å². The fourth-order valence-electron chi connectivity index (χ4n) is 2.80. The van der Waals surface area contributed by atoms with Gasteiger partial charge >= 0.3 is 0 Å². The molecule has 0 aliphatic carbocycles. The number of fused-ring (bicyclic) bond motifs is 1. The van der Waals surface area contributed by atoms with Crippen molar-refractivity contribution in [2.45, 2.75) is 6.10 Å². The molecule has 3 rings (SSSR count). The van der Waals surface area contributed by atoms with Crippen LogP contribution in [0.25, 0.3) is 10.8 Å². The second-order valence-electron chi connectivity index (χ2n) is 5.27. The van der Waals surface area contributed by atoms with Crippen molar-refractivity contribution in [2.24, 2.45) is 0 Å². The molecule has 124 valence electrons. The number of rotatable bonds is 5. The van der Waals surface area contributed by atoms with E-state index in [-0.39, 0.29) is 0 Å². The third-order valence-corrected chi connectivity index (χ3v) is 3.99. The van der Waals surface area contributed by atoms with Crippen molar-refractivity contribution in [3.05, 3.63) is 59.9 Å². The lowest BCUT2D eigenvalue weighted by Gasteiger charge is -2.20. The number of aliphatic hydroxyl groups excluding tert-OH is 1. The Morgan fingerprint density at radius 2 is 1.58 bits per heavy atom. The molecule has 0 amide bonds. The third-order valence-electron chi connectivity index (χ3n) is 3.99. The van der Waals surface area contributed by atoms with Crippen molar-refractivity contribution >= 4 is 10.8 Å². The van der Waals surface area contributed by atoms with E-state index < -0.39 is 6.10 Å². The molecular formula is C19H19NO4. The molecule has 3 aromatic rings. The van der Waals surface area contributed by atoms with Crippen molar-refractivity contribution < 1.29 is 19.3 Å². The molecule has 0 spiro atoms. The molecular weight excluding hydrogens is 306 g/mol. The van der Waals surface area contributed by atoms with E-state index in [0.29, 0.717) is 28.5 Å². The SMILES string of the molecule is COc1cc(OC)c(C(O)c2nccc3ccccc23)c(OC)c1. The van der Waals surface area contributed by atoms with Gasteiger partial charge in [-0.1, -0.05) is 24.3 Å². The van der Waals surface area contributed by atoms with Crippen molar-refractivity contribution in [1.29, 1.82) is 0 Å². The topological polar surface area (TPSA) is 60.8 Å². The fraction of sp³-hybridized carbons (Fsp3) is 0.211. The minimum atomic E-state index is -0.994. The molecule has 0 radical (unpaired) electrons. The number of hydrogen-bond donors (Lipinski definition) is 1. The maximum atomic E-state index is 11.0. The molecule has 0 bridgehead atoms. The maximum absolute atomic E-state index is 11.0. The summed E-state index contributed by atoms with van der Waals surface area (Å²) in [6, 6.07) is 13.1. The van der Waals surface area contributed by atoms with E-state index in [4.69, 9.17) is 14.2 Å². The van der Waals surface area contributed by atoms with Crippen LogP contribution in [-0.4, -0.2) is 31.4 Å². The van der Waals surface area contributed by atoms with Gasteiger partial charge in [-0.05, 0) is 11.5 Å². The van der Waals surface area contributed by atoms with E-state index in [1.54, 1.807) is 39.7 Å². The molecule has 1 atom stereocenters. The number of ether oxygens (including phenoxy) is 3. The average molecular weight is 325 g/mol. The smallest absolute Gasteiger partial charge is 0.132 e. The fourth-order valence-corrected chi connectivity index (χ4v) is 2.80. The Morgan fingerprint density at radius 1 is 0.917 bits per heavy atom. The summed E-state index contributed by atoms with van der Waals surface area (Å²) < 4.78 is 16.1. The Morgan fingerprint density at radius 3 is 2.21 bits per heavy atom. The van der Waals surface area contributed by atoms with Gasteiger partial charge in [0, 0.05) is 23.7 Å². The first-order valence-corrected chi connectivity index (χ1v) is 7.51. The molecule has 5 nitrogen and oxygen atoms in total. The van der Waals surface area contributed by atoms with E-state index in [2.05, 4.69) is 4.98 Å². The highest BCUT2D eigenvalue weighted by molar-refractivity contribution is 5.85. The largest absolute Gasteiger partial charge is 0.496 e. The molecule has 5 heteroatoms. The number of methoxy groups -OCH3 is 3. The molecule has 24 heavy (non-hydrogen) atoms. The van der Waals surface area contributed by atoms with Crippen LogP contribution in [0.3, 0.4) is 0 Å². The molecule has 0 fully saturated rings. The van der Waals surface area contributed by atoms with Gasteiger partial charge in [0.25, 0.3) is 0 Å². The van der Waals surface area contributed by atoms with Gasteiger partial charge in [-0.15, -0.1) is 0 Å². The lowest BCUT2D eigenvalue weighted by molar-refractivity contribution is 0.205. The Bertz CT molecular complexity index is 833. The van der Waals surface area contributed by atoms with Gasteiger partial charge in [-0.3, -0.25) is 4.98 Å². The summed E-state index contributed by atoms with van der Waals surface area (Å²) in [5.41, 5.74) is 1.07. The van der Waals surface area contributed by atoms with Crippen LogP contribution in [0.2, 0.25) is 0 Å². The van der Waals surface area contributed by atoms with Crippen molar-refractivity contribution in [3.63, 3.8) is 0 Å². The minimum Gasteiger partial charge on any atom is -0.496 e. The lowest BCUT2D eigenvalue weighted by Crippen LogP contribution is -2.08. The number of nitrogens with zero attached hydrogens (tertiary/aromatic N) is 1. The van der Waals surface area contributed by atoms with Crippen LogP contribution in [0.15, 0.2) is 48.7 Å². The van der Waals surface area contributed by atoms with Gasteiger partial charge in [0.1, 0.15) is 23.4 Å². The summed E-state index contributed by atoms with van der Waals surface area (Å²) in [4.78, 5) is 4.38. The Kier molecular flexibility index (Phi) is 4.53. The molecule has 2 aromatic carbocycles. The highest BCUT2D eigenvalue weighted by Gasteiger charge is 2.24. The third kappa shape index (κ3) is 2.74. The Balaban J connectivity index is 2.20. The van der Waals surface area contributed by atoms with Crippen LogP contribution >= 0.6 is 0 Å². The van der Waals surface area contributed by atoms with Gasteiger partial charge in [0.15, 0.2) is 0 Å². The van der Waals surface area contributed by atoms with E-state index in [1.807, 2.05) is 30.3 Å². The minimum absolute atomic E-state index is 0.480. The predicted molar refractivity (Wildman–Crippen MR) is 91.9 cm³/mol. The number of benzene rings is 2. The highest BCUT2D eigenvalue weighted by Crippen LogP contribution is 2.41. The monoisotopic (exact) mass is 325 g/mol. The lowest BCUT2D eigenvalue weighted by atomic mass is 9.99. The molecule has 1 heterocycles. The normalized spacial score (nSPS) is 12.0. The summed E-state index contributed by atoms with van der Waals surface area (Å²) in [5.74, 6) is 1.55. The van der Waals surface area contributed by atoms with E-state index in [0.717, 1.165) is 10.8 Å². The standard InChI is InChI=1S/C19H19NO4/c1-22-13-10-15(23-2)17(16(11-13)24-3)19(21)18-14-7-5-4-6-12(14)8-9-20-18/h4-11,19,21H,1-3H3. The van der Waals surface area contributed by atoms with Crippen LogP contribution in [0, 0.1) is 0 Å². The first-order chi connectivity index (χ1) is 11.7. The Hall–Kier alpha value is -2.79. The number of hydrogen-bond acceptors (Lipinski definition) is 5. The van der Waals surface area contributed by atoms with Crippen LogP contribution in [-0.2, 0) is 0 Å². The van der Waals surface area contributed by atoms with Gasteiger partial charge in [0.2, 0.25) is 0 Å². The molecule has 0 saturated carbocycles. The number of aromatic nitrogens is 1. The van der Waals surface area contributed by atoms with Crippen LogP contribution in [0.1, 0.15) is 17.4 Å². The summed E-state index contributed by atoms with van der Waals surface area (Å²) in [6.07, 6.45) is 0.690. The zero-order valence-corrected chi connectivity index (χ0v) is 13.8. The van der Waals surface area contributed by atoms with Gasteiger partial charge in [0.05, 0.1) is 32.6 Å². The van der Waals surface area contributed by atoms with Crippen LogP contribution in [0.4, 0.5) is 0 Å². The summed E-state index contributed by atoms with van der Waals surface area (Å²) >= 11 is 0. The molecule has 0 aliphatic heterocycles. The molecule has 1 aromatic heterocycles. The second kappa shape index (κ2) is 6.76. The second-order valence-corrected chi connectivity index (χ2v) is 5.27.